The second-order valence-electron chi connectivity index (χ2n) is 7.35. The van der Waals surface area contributed by atoms with Crippen molar-refractivity contribution in [3.63, 3.8) is 0 Å². The third kappa shape index (κ3) is 6.68. The molecule has 0 saturated heterocycles. The van der Waals surface area contributed by atoms with Gasteiger partial charge in [-0.1, -0.05) is 11.8 Å². The Kier molecular flexibility index (Phi) is 8.28. The Morgan fingerprint density at radius 2 is 1.68 bits per heavy atom. The van der Waals surface area contributed by atoms with Gasteiger partial charge in [0.05, 0.1) is 32.0 Å². The molecule has 2 heterocycles. The first-order valence-corrected chi connectivity index (χ1v) is 13.3. The number of sulfonamides is 1. The predicted molar refractivity (Wildman–Crippen MR) is 138 cm³/mol. The van der Waals surface area contributed by atoms with Crippen molar-refractivity contribution in [2.45, 2.75) is 10.1 Å². The van der Waals surface area contributed by atoms with Gasteiger partial charge in [0.15, 0.2) is 5.82 Å². The van der Waals surface area contributed by atoms with Gasteiger partial charge in [0.2, 0.25) is 17.7 Å². The predicted octanol–water partition coefficient (Wildman–Crippen LogP) is 3.08. The molecule has 2 N–H and O–H groups in total. The lowest BCUT2D eigenvalue weighted by molar-refractivity contribution is -0.113. The van der Waals surface area contributed by atoms with Crippen LogP contribution in [0.25, 0.3) is 11.5 Å². The van der Waals surface area contributed by atoms with Gasteiger partial charge < -0.3 is 23.9 Å². The summed E-state index contributed by atoms with van der Waals surface area (Å²) < 4.78 is 48.6. The van der Waals surface area contributed by atoms with Crippen LogP contribution >= 0.6 is 11.8 Å². The van der Waals surface area contributed by atoms with Crippen LogP contribution in [0.1, 0.15) is 0 Å². The Bertz CT molecular complexity index is 1490. The minimum Gasteiger partial charge on any atom is -0.497 e. The fourth-order valence-electron chi connectivity index (χ4n) is 3.01. The molecule has 4 rings (SSSR count). The van der Waals surface area contributed by atoms with Crippen molar-refractivity contribution in [1.82, 2.24) is 20.2 Å². The number of nitrogens with one attached hydrogen (secondary N) is 2. The second kappa shape index (κ2) is 11.8. The number of carbonyl (C=O) groups is 1. The van der Waals surface area contributed by atoms with Crippen LogP contribution in [0, 0.1) is 0 Å². The molecule has 0 unspecified atom stereocenters. The van der Waals surface area contributed by atoms with Crippen LogP contribution in [0.4, 0.5) is 11.5 Å². The summed E-state index contributed by atoms with van der Waals surface area (Å²) in [6.45, 7) is 0. The van der Waals surface area contributed by atoms with Gasteiger partial charge in [-0.05, 0) is 48.5 Å². The fourth-order valence-corrected chi connectivity index (χ4v) is 4.56. The van der Waals surface area contributed by atoms with Crippen molar-refractivity contribution >= 4 is 39.2 Å². The second-order valence-corrected chi connectivity index (χ2v) is 9.96. The van der Waals surface area contributed by atoms with Crippen molar-refractivity contribution < 1.29 is 31.8 Å². The molecule has 0 fully saturated rings. The molecule has 15 heteroatoms. The van der Waals surface area contributed by atoms with Crippen molar-refractivity contribution in [3.05, 3.63) is 54.6 Å². The van der Waals surface area contributed by atoms with Gasteiger partial charge in [0, 0.05) is 17.3 Å². The van der Waals surface area contributed by atoms with Gasteiger partial charge in [-0.3, -0.25) is 9.52 Å². The highest BCUT2D eigenvalue weighted by atomic mass is 32.2. The summed E-state index contributed by atoms with van der Waals surface area (Å²) in [7, 11) is 0.324. The molecule has 0 aliphatic carbocycles. The molecule has 0 aliphatic heterocycles. The Hall–Kier alpha value is -4.37. The smallest absolute Gasteiger partial charge is 0.321 e. The third-order valence-corrected chi connectivity index (χ3v) is 7.02. The molecule has 38 heavy (non-hydrogen) atoms. The number of benzene rings is 2. The lowest BCUT2D eigenvalue weighted by Gasteiger charge is -2.10. The Morgan fingerprint density at radius 3 is 2.34 bits per heavy atom. The van der Waals surface area contributed by atoms with Gasteiger partial charge >= 0.3 is 6.01 Å². The largest absolute Gasteiger partial charge is 0.497 e. The van der Waals surface area contributed by atoms with Crippen LogP contribution in [-0.4, -0.2) is 61.6 Å². The maximum absolute atomic E-state index is 12.8. The number of ether oxygens (including phenoxy) is 3. The van der Waals surface area contributed by atoms with Crippen LogP contribution in [0.2, 0.25) is 0 Å². The molecular formula is C23H22N6O7S2. The maximum Gasteiger partial charge on any atom is 0.321 e. The first-order valence-electron chi connectivity index (χ1n) is 10.8. The number of nitrogens with zero attached hydrogens (tertiary/aromatic N) is 4. The summed E-state index contributed by atoms with van der Waals surface area (Å²) >= 11 is 1.07. The van der Waals surface area contributed by atoms with E-state index in [0.717, 1.165) is 17.3 Å². The average molecular weight is 559 g/mol. The highest BCUT2D eigenvalue weighted by molar-refractivity contribution is 7.99. The van der Waals surface area contributed by atoms with E-state index < -0.39 is 10.0 Å². The summed E-state index contributed by atoms with van der Waals surface area (Å²) in [6, 6.07) is 14.0. The van der Waals surface area contributed by atoms with Gasteiger partial charge in [-0.15, -0.1) is 10.2 Å². The van der Waals surface area contributed by atoms with Crippen LogP contribution in [0.15, 0.2) is 69.1 Å². The van der Waals surface area contributed by atoms with E-state index in [1.807, 2.05) is 0 Å². The molecule has 2 aromatic heterocycles. The lowest BCUT2D eigenvalue weighted by Crippen LogP contribution is -2.16. The minimum absolute atomic E-state index is 0.00320. The number of thioether (sulfide) groups is 1. The van der Waals surface area contributed by atoms with Crippen LogP contribution in [0.3, 0.4) is 0 Å². The lowest BCUT2D eigenvalue weighted by atomic mass is 10.2. The van der Waals surface area contributed by atoms with Gasteiger partial charge in [0.25, 0.3) is 15.2 Å². The molecule has 1 amide bonds. The summed E-state index contributed by atoms with van der Waals surface area (Å²) in [6.07, 6.45) is 0. The number of methoxy groups -OCH3 is 3. The number of amides is 1. The monoisotopic (exact) mass is 558 g/mol. The SMILES string of the molecule is COc1ccc(-c2nnc(SCC(=O)Nc3ccc(S(=O)(=O)Nc4cc(OC)nc(OC)n4)cc3)o2)cc1. The van der Waals surface area contributed by atoms with Gasteiger partial charge in [-0.2, -0.15) is 9.97 Å². The van der Waals surface area contributed by atoms with Gasteiger partial charge in [-0.25, -0.2) is 8.42 Å². The zero-order valence-corrected chi connectivity index (χ0v) is 22.0. The number of anilines is 2. The molecule has 0 atom stereocenters. The molecule has 198 valence electrons. The molecule has 0 spiro atoms. The van der Waals surface area contributed by atoms with Crippen LogP contribution in [-0.2, 0) is 14.8 Å². The molecular weight excluding hydrogens is 536 g/mol. The summed E-state index contributed by atoms with van der Waals surface area (Å²) in [5.74, 6) is 0.784. The van der Waals surface area contributed by atoms with Crippen molar-refractivity contribution in [2.24, 2.45) is 0 Å². The normalized spacial score (nSPS) is 11.0. The first kappa shape index (κ1) is 26.7. The Morgan fingerprint density at radius 1 is 0.947 bits per heavy atom. The zero-order chi connectivity index (χ0) is 27.1. The molecule has 0 saturated carbocycles. The maximum atomic E-state index is 12.8. The topological polar surface area (TPSA) is 168 Å². The summed E-state index contributed by atoms with van der Waals surface area (Å²) in [5.41, 5.74) is 1.13. The number of aromatic nitrogens is 4. The highest BCUT2D eigenvalue weighted by Gasteiger charge is 2.17. The van der Waals surface area contributed by atoms with E-state index in [4.69, 9.17) is 18.6 Å². The number of hydrogen-bond donors (Lipinski definition) is 2. The molecule has 4 aromatic rings. The third-order valence-electron chi connectivity index (χ3n) is 4.83. The Labute approximate surface area is 222 Å². The summed E-state index contributed by atoms with van der Waals surface area (Å²) in [4.78, 5) is 20.2. The van der Waals surface area contributed by atoms with Crippen molar-refractivity contribution in [3.8, 4) is 29.1 Å². The van der Waals surface area contributed by atoms with E-state index in [0.29, 0.717) is 17.3 Å². The molecule has 0 bridgehead atoms. The van der Waals surface area contributed by atoms with Crippen molar-refractivity contribution in [2.75, 3.05) is 37.1 Å². The van der Waals surface area contributed by atoms with E-state index in [9.17, 15) is 13.2 Å². The standard InChI is InChI=1S/C23H22N6O7S2/c1-33-16-8-4-14(5-9-16)21-27-28-23(36-21)37-13-19(30)24-15-6-10-17(11-7-15)38(31,32)29-18-12-20(34-2)26-22(25-18)35-3/h4-12H,13H2,1-3H3,(H,24,30)(H,25,26,29). The van der Waals surface area contributed by atoms with Gasteiger partial charge in [0.1, 0.15) is 5.75 Å². The fraction of sp³-hybridized carbons (Fsp3) is 0.174. The molecule has 13 nitrogen and oxygen atoms in total. The average Bonchev–Trinajstić information content (AvgIpc) is 3.41. The van der Waals surface area contributed by atoms with E-state index in [2.05, 4.69) is 30.2 Å². The number of hydrogen-bond acceptors (Lipinski definition) is 12. The summed E-state index contributed by atoms with van der Waals surface area (Å²) in [5, 5.41) is 10.9. The van der Waals surface area contributed by atoms with E-state index >= 15 is 0 Å². The minimum atomic E-state index is -3.98. The first-order chi connectivity index (χ1) is 18.3. The zero-order valence-electron chi connectivity index (χ0n) is 20.4. The molecule has 0 aliphatic rings. The van der Waals surface area contributed by atoms with Crippen molar-refractivity contribution in [1.29, 1.82) is 0 Å². The highest BCUT2D eigenvalue weighted by Crippen LogP contribution is 2.25. The van der Waals surface area contributed by atoms with E-state index in [1.54, 1.807) is 31.4 Å². The molecule has 2 aromatic carbocycles. The quantitative estimate of drug-likeness (QED) is 0.259. The van der Waals surface area contributed by atoms with E-state index in [-0.39, 0.29) is 39.5 Å². The number of carbonyl (C=O) groups excluding carboxylic acids is 1. The van der Waals surface area contributed by atoms with E-state index in [1.165, 1.54) is 44.6 Å². The molecule has 0 radical (unpaired) electrons. The Balaban J connectivity index is 1.33. The van der Waals surface area contributed by atoms with Crippen LogP contribution in [0.5, 0.6) is 17.6 Å². The number of rotatable bonds is 11. The van der Waals surface area contributed by atoms with Crippen LogP contribution < -0.4 is 24.2 Å².